The van der Waals surface area contributed by atoms with Gasteiger partial charge in [0.1, 0.15) is 5.69 Å². The first-order valence-corrected chi connectivity index (χ1v) is 11.7. The topological polar surface area (TPSA) is 58.4 Å². The summed E-state index contributed by atoms with van der Waals surface area (Å²) < 4.78 is 40.2. The minimum Gasteiger partial charge on any atom is -0.334 e. The van der Waals surface area contributed by atoms with E-state index in [2.05, 4.69) is 5.10 Å². The molecule has 2 amide bonds. The zero-order valence-corrected chi connectivity index (χ0v) is 19.0. The highest BCUT2D eigenvalue weighted by Gasteiger charge is 2.53. The largest absolute Gasteiger partial charge is 0.416 e. The number of amides is 2. The van der Waals surface area contributed by atoms with Crippen LogP contribution in [0.4, 0.5) is 13.2 Å². The van der Waals surface area contributed by atoms with E-state index in [4.69, 9.17) is 0 Å². The number of carbonyl (C=O) groups is 2. The molecule has 3 aliphatic rings. The van der Waals surface area contributed by atoms with Crippen molar-refractivity contribution in [2.75, 3.05) is 13.1 Å². The van der Waals surface area contributed by atoms with Gasteiger partial charge in [0.05, 0.1) is 29.0 Å². The van der Waals surface area contributed by atoms with Crippen molar-refractivity contribution in [2.45, 2.75) is 38.0 Å². The van der Waals surface area contributed by atoms with Crippen LogP contribution in [0.3, 0.4) is 0 Å². The molecule has 2 aliphatic heterocycles. The molecule has 6 rings (SSSR count). The Morgan fingerprint density at radius 3 is 2.26 bits per heavy atom. The van der Waals surface area contributed by atoms with E-state index in [1.165, 1.54) is 12.1 Å². The van der Waals surface area contributed by atoms with Gasteiger partial charge in [0.25, 0.3) is 11.8 Å². The molecule has 0 bridgehead atoms. The third-order valence-electron chi connectivity index (χ3n) is 7.21. The minimum absolute atomic E-state index is 0.0525. The van der Waals surface area contributed by atoms with Crippen molar-refractivity contribution in [2.24, 2.45) is 5.92 Å². The molecule has 6 nitrogen and oxygen atoms in total. The Hall–Kier alpha value is -3.62. The minimum atomic E-state index is -4.44. The zero-order valence-electron chi connectivity index (χ0n) is 19.0. The number of nitrogens with zero attached hydrogens (tertiary/aromatic N) is 4. The number of carbonyl (C=O) groups excluding carboxylic acids is 2. The second-order valence-corrected chi connectivity index (χ2v) is 9.53. The highest BCUT2D eigenvalue weighted by Crippen LogP contribution is 2.52. The molecule has 1 saturated carbocycles. The summed E-state index contributed by atoms with van der Waals surface area (Å²) in [6.45, 7) is 2.65. The number of benzene rings is 2. The normalized spacial score (nSPS) is 20.2. The predicted octanol–water partition coefficient (Wildman–Crippen LogP) is 4.63. The van der Waals surface area contributed by atoms with Crippen LogP contribution >= 0.6 is 0 Å². The average Bonchev–Trinajstić information content (AvgIpc) is 3.53. The van der Waals surface area contributed by atoms with Crippen LogP contribution in [0.5, 0.6) is 0 Å². The maximum absolute atomic E-state index is 13.7. The van der Waals surface area contributed by atoms with E-state index in [0.717, 1.165) is 41.9 Å². The number of likely N-dealkylation sites (tertiary alicyclic amines) is 1. The van der Waals surface area contributed by atoms with Gasteiger partial charge in [0.15, 0.2) is 0 Å². The maximum atomic E-state index is 13.7. The molecule has 0 spiro atoms. The van der Waals surface area contributed by atoms with Crippen molar-refractivity contribution in [3.05, 3.63) is 82.7 Å². The number of aryl methyl sites for hydroxylation is 1. The van der Waals surface area contributed by atoms with Crippen molar-refractivity contribution >= 4 is 11.8 Å². The third-order valence-corrected chi connectivity index (χ3v) is 7.21. The Kier molecular flexibility index (Phi) is 4.81. The van der Waals surface area contributed by atoms with Crippen molar-refractivity contribution in [3.63, 3.8) is 0 Å². The molecule has 0 N–H and O–H groups in total. The number of rotatable bonds is 4. The molecule has 35 heavy (non-hydrogen) atoms. The lowest BCUT2D eigenvalue weighted by atomic mass is 9.99. The first-order chi connectivity index (χ1) is 16.7. The Morgan fingerprint density at radius 2 is 1.66 bits per heavy atom. The Labute approximate surface area is 199 Å². The van der Waals surface area contributed by atoms with E-state index >= 15 is 0 Å². The standard InChI is InChI=1S/C26H23F3N4O2/c1-15-21-22(16-7-8-16)32(25(35)23(21)33(30-15)19-5-3-2-4-6-19)20-13-31(14-20)24(34)17-9-11-18(12-10-17)26(27,28)29/h2-6,9-12,16,20,22H,7-8,13-14H2,1H3. The number of fused-ring (bicyclic) bond motifs is 1. The van der Waals surface area contributed by atoms with Gasteiger partial charge < -0.3 is 9.80 Å². The molecule has 1 saturated heterocycles. The molecule has 1 aliphatic carbocycles. The monoisotopic (exact) mass is 480 g/mol. The molecule has 1 atom stereocenters. The van der Waals surface area contributed by atoms with Crippen LogP contribution < -0.4 is 0 Å². The Balaban J connectivity index is 1.23. The average molecular weight is 480 g/mol. The second-order valence-electron chi connectivity index (χ2n) is 9.53. The highest BCUT2D eigenvalue weighted by molar-refractivity contribution is 5.99. The van der Waals surface area contributed by atoms with Crippen LogP contribution in [0.2, 0.25) is 0 Å². The van der Waals surface area contributed by atoms with Gasteiger partial charge in [0, 0.05) is 24.2 Å². The van der Waals surface area contributed by atoms with Crippen LogP contribution in [0.15, 0.2) is 54.6 Å². The second kappa shape index (κ2) is 7.69. The van der Waals surface area contributed by atoms with Crippen LogP contribution in [0.25, 0.3) is 5.69 Å². The molecule has 1 unspecified atom stereocenters. The lowest BCUT2D eigenvalue weighted by Gasteiger charge is -2.46. The molecule has 9 heteroatoms. The summed E-state index contributed by atoms with van der Waals surface area (Å²) in [5.74, 6) is -0.0197. The van der Waals surface area contributed by atoms with E-state index in [1.54, 1.807) is 9.58 Å². The van der Waals surface area contributed by atoms with Crippen LogP contribution in [0.1, 0.15) is 56.6 Å². The summed E-state index contributed by atoms with van der Waals surface area (Å²) in [5, 5.41) is 4.68. The van der Waals surface area contributed by atoms with Crippen LogP contribution in [0, 0.1) is 12.8 Å². The van der Waals surface area contributed by atoms with E-state index in [1.807, 2.05) is 42.2 Å². The first kappa shape index (κ1) is 21.9. The van der Waals surface area contributed by atoms with E-state index in [-0.39, 0.29) is 29.5 Å². The number of para-hydroxylation sites is 1. The smallest absolute Gasteiger partial charge is 0.334 e. The number of hydrogen-bond acceptors (Lipinski definition) is 3. The van der Waals surface area contributed by atoms with Gasteiger partial charge in [-0.15, -0.1) is 0 Å². The van der Waals surface area contributed by atoms with E-state index in [9.17, 15) is 22.8 Å². The lowest BCUT2D eigenvalue weighted by molar-refractivity contribution is -0.137. The number of alkyl halides is 3. The fourth-order valence-electron chi connectivity index (χ4n) is 5.29. The molecule has 1 aromatic heterocycles. The predicted molar refractivity (Wildman–Crippen MR) is 121 cm³/mol. The van der Waals surface area contributed by atoms with Gasteiger partial charge in [-0.25, -0.2) is 4.68 Å². The molecule has 0 radical (unpaired) electrons. The van der Waals surface area contributed by atoms with Gasteiger partial charge >= 0.3 is 6.18 Å². The summed E-state index contributed by atoms with van der Waals surface area (Å²) in [4.78, 5) is 30.1. The maximum Gasteiger partial charge on any atom is 0.416 e. The molecule has 2 aromatic carbocycles. The molecule has 180 valence electrons. The summed E-state index contributed by atoms with van der Waals surface area (Å²) in [6.07, 6.45) is -2.35. The summed E-state index contributed by atoms with van der Waals surface area (Å²) in [6, 6.07) is 13.6. The van der Waals surface area contributed by atoms with Crippen LogP contribution in [-0.2, 0) is 6.18 Å². The fraction of sp³-hybridized carbons (Fsp3) is 0.346. The van der Waals surface area contributed by atoms with E-state index < -0.39 is 11.7 Å². The Bertz CT molecular complexity index is 1310. The summed E-state index contributed by atoms with van der Waals surface area (Å²) in [7, 11) is 0. The molecule has 3 aromatic rings. The van der Waals surface area contributed by atoms with Crippen LogP contribution in [-0.4, -0.2) is 50.5 Å². The van der Waals surface area contributed by atoms with Gasteiger partial charge in [-0.3, -0.25) is 9.59 Å². The zero-order chi connectivity index (χ0) is 24.5. The van der Waals surface area contributed by atoms with E-state index in [0.29, 0.717) is 24.7 Å². The molecule has 2 fully saturated rings. The highest BCUT2D eigenvalue weighted by atomic mass is 19.4. The van der Waals surface area contributed by atoms with Gasteiger partial charge in [-0.2, -0.15) is 18.3 Å². The summed E-state index contributed by atoms with van der Waals surface area (Å²) >= 11 is 0. The van der Waals surface area contributed by atoms with Crippen molar-refractivity contribution < 1.29 is 22.8 Å². The fourth-order valence-corrected chi connectivity index (χ4v) is 5.29. The number of halogens is 3. The quantitative estimate of drug-likeness (QED) is 0.547. The SMILES string of the molecule is Cc1nn(-c2ccccc2)c2c1C(C1CC1)N(C1CN(C(=O)c3ccc(C(F)(F)F)cc3)C1)C2=O. The van der Waals surface area contributed by atoms with Crippen molar-refractivity contribution in [1.82, 2.24) is 19.6 Å². The van der Waals surface area contributed by atoms with Gasteiger partial charge in [-0.05, 0) is 62.1 Å². The summed E-state index contributed by atoms with van der Waals surface area (Å²) in [5.41, 5.74) is 2.67. The molecular formula is C26H23F3N4O2. The molecule has 3 heterocycles. The molecular weight excluding hydrogens is 457 g/mol. The van der Waals surface area contributed by atoms with Crippen molar-refractivity contribution in [1.29, 1.82) is 0 Å². The number of aromatic nitrogens is 2. The van der Waals surface area contributed by atoms with Gasteiger partial charge in [0.2, 0.25) is 0 Å². The van der Waals surface area contributed by atoms with Gasteiger partial charge in [-0.1, -0.05) is 18.2 Å². The Morgan fingerprint density at radius 1 is 1.00 bits per heavy atom. The lowest BCUT2D eigenvalue weighted by Crippen LogP contribution is -2.62. The van der Waals surface area contributed by atoms with Crippen molar-refractivity contribution in [3.8, 4) is 5.69 Å². The third kappa shape index (κ3) is 3.52. The number of hydrogen-bond donors (Lipinski definition) is 0. The first-order valence-electron chi connectivity index (χ1n) is 11.7.